The molecule has 0 radical (unpaired) electrons. The second kappa shape index (κ2) is 6.06. The molecular weight excluding hydrogens is 238 g/mol. The summed E-state index contributed by atoms with van der Waals surface area (Å²) in [6, 6.07) is 8.69. The highest BCUT2D eigenvalue weighted by Crippen LogP contribution is 2.18. The minimum atomic E-state index is 0.181. The predicted molar refractivity (Wildman–Crippen MR) is 78.3 cm³/mol. The molecule has 1 fully saturated rings. The van der Waals surface area contributed by atoms with Crippen LogP contribution < -0.4 is 4.90 Å². The average molecular weight is 261 g/mol. The summed E-state index contributed by atoms with van der Waals surface area (Å²) in [4.78, 5) is 17.8. The smallest absolute Gasteiger partial charge is 0.219 e. The Morgan fingerprint density at radius 2 is 1.89 bits per heavy atom. The highest BCUT2D eigenvalue weighted by Gasteiger charge is 2.18. The van der Waals surface area contributed by atoms with E-state index in [0.29, 0.717) is 0 Å². The Balaban J connectivity index is 2.01. The zero-order valence-corrected chi connectivity index (χ0v) is 12.1. The third-order valence-corrected chi connectivity index (χ3v) is 3.50. The summed E-state index contributed by atoms with van der Waals surface area (Å²) in [6.07, 6.45) is 0. The van der Waals surface area contributed by atoms with Gasteiger partial charge in [0.2, 0.25) is 5.91 Å². The third-order valence-electron chi connectivity index (χ3n) is 3.50. The number of amides is 1. The molecule has 104 valence electrons. The number of hydrogen-bond donors (Lipinski definition) is 0. The van der Waals surface area contributed by atoms with Crippen molar-refractivity contribution in [3.63, 3.8) is 0 Å². The Bertz CT molecular complexity index is 437. The number of anilines is 1. The van der Waals surface area contributed by atoms with Gasteiger partial charge in [0.25, 0.3) is 0 Å². The Kier molecular flexibility index (Phi) is 4.43. The van der Waals surface area contributed by atoms with Crippen molar-refractivity contribution in [3.05, 3.63) is 29.8 Å². The molecule has 0 bridgehead atoms. The van der Waals surface area contributed by atoms with E-state index in [2.05, 4.69) is 48.2 Å². The summed E-state index contributed by atoms with van der Waals surface area (Å²) in [6.45, 7) is 6.10. The van der Waals surface area contributed by atoms with Gasteiger partial charge in [-0.1, -0.05) is 12.1 Å². The maximum atomic E-state index is 11.3. The van der Waals surface area contributed by atoms with Crippen molar-refractivity contribution in [1.29, 1.82) is 0 Å². The van der Waals surface area contributed by atoms with Crippen molar-refractivity contribution in [2.24, 2.45) is 0 Å². The Morgan fingerprint density at radius 3 is 2.47 bits per heavy atom. The molecule has 0 aliphatic carbocycles. The molecule has 1 saturated heterocycles. The summed E-state index contributed by atoms with van der Waals surface area (Å²) in [5.74, 6) is 0.181. The highest BCUT2D eigenvalue weighted by atomic mass is 16.2. The topological polar surface area (TPSA) is 26.8 Å². The molecule has 1 heterocycles. The average Bonchev–Trinajstić information content (AvgIpc) is 2.38. The highest BCUT2D eigenvalue weighted by molar-refractivity contribution is 5.73. The zero-order chi connectivity index (χ0) is 13.8. The summed E-state index contributed by atoms with van der Waals surface area (Å²) < 4.78 is 0. The molecule has 1 aromatic carbocycles. The lowest BCUT2D eigenvalue weighted by Gasteiger charge is -2.35. The molecule has 0 spiro atoms. The monoisotopic (exact) mass is 261 g/mol. The Hall–Kier alpha value is -1.55. The molecule has 1 aliphatic heterocycles. The maximum Gasteiger partial charge on any atom is 0.219 e. The van der Waals surface area contributed by atoms with Gasteiger partial charge in [-0.15, -0.1) is 0 Å². The molecule has 4 heteroatoms. The van der Waals surface area contributed by atoms with E-state index in [-0.39, 0.29) is 5.91 Å². The van der Waals surface area contributed by atoms with Gasteiger partial charge in [0.1, 0.15) is 0 Å². The van der Waals surface area contributed by atoms with E-state index in [0.717, 1.165) is 32.7 Å². The van der Waals surface area contributed by atoms with Crippen LogP contribution in [0.2, 0.25) is 0 Å². The van der Waals surface area contributed by atoms with Crippen molar-refractivity contribution in [2.45, 2.75) is 13.5 Å². The van der Waals surface area contributed by atoms with E-state index < -0.39 is 0 Å². The third kappa shape index (κ3) is 3.70. The lowest BCUT2D eigenvalue weighted by atomic mass is 10.1. The summed E-state index contributed by atoms with van der Waals surface area (Å²) in [5.41, 5.74) is 2.60. The van der Waals surface area contributed by atoms with Crippen LogP contribution in [-0.2, 0) is 11.3 Å². The van der Waals surface area contributed by atoms with E-state index in [1.54, 1.807) is 6.92 Å². The fourth-order valence-corrected chi connectivity index (χ4v) is 2.50. The number of nitrogens with zero attached hydrogens (tertiary/aromatic N) is 3. The van der Waals surface area contributed by atoms with Crippen LogP contribution in [0.5, 0.6) is 0 Å². The fourth-order valence-electron chi connectivity index (χ4n) is 2.50. The van der Waals surface area contributed by atoms with E-state index in [9.17, 15) is 4.79 Å². The summed E-state index contributed by atoms with van der Waals surface area (Å²) in [7, 11) is 4.16. The predicted octanol–water partition coefficient (Wildman–Crippen LogP) is 1.42. The van der Waals surface area contributed by atoms with E-state index >= 15 is 0 Å². The number of benzene rings is 1. The second-order valence-corrected chi connectivity index (χ2v) is 5.40. The first-order chi connectivity index (χ1) is 9.06. The van der Waals surface area contributed by atoms with Gasteiger partial charge >= 0.3 is 0 Å². The molecule has 4 nitrogen and oxygen atoms in total. The standard InChI is InChI=1S/C15H23N3O/c1-13(19)17-7-9-18(10-8-17)15-6-4-5-14(11-15)12-16(2)3/h4-6,11H,7-10,12H2,1-3H3. The van der Waals surface area contributed by atoms with E-state index in [4.69, 9.17) is 0 Å². The van der Waals surface area contributed by atoms with Crippen LogP contribution in [-0.4, -0.2) is 56.0 Å². The van der Waals surface area contributed by atoms with Crippen molar-refractivity contribution in [3.8, 4) is 0 Å². The van der Waals surface area contributed by atoms with Crippen LogP contribution in [0.1, 0.15) is 12.5 Å². The number of hydrogen-bond acceptors (Lipinski definition) is 3. The second-order valence-electron chi connectivity index (χ2n) is 5.40. The molecule has 19 heavy (non-hydrogen) atoms. The van der Waals surface area contributed by atoms with Gasteiger partial charge in [0.05, 0.1) is 0 Å². The van der Waals surface area contributed by atoms with Gasteiger partial charge < -0.3 is 14.7 Å². The molecular formula is C15H23N3O. The van der Waals surface area contributed by atoms with Crippen molar-refractivity contribution >= 4 is 11.6 Å². The lowest BCUT2D eigenvalue weighted by molar-refractivity contribution is -0.129. The quantitative estimate of drug-likeness (QED) is 0.823. The molecule has 0 saturated carbocycles. The van der Waals surface area contributed by atoms with E-state index in [1.165, 1.54) is 11.3 Å². The van der Waals surface area contributed by atoms with Gasteiger partial charge in [-0.3, -0.25) is 4.79 Å². The molecule has 1 aromatic rings. The first-order valence-corrected chi connectivity index (χ1v) is 6.80. The zero-order valence-electron chi connectivity index (χ0n) is 12.1. The summed E-state index contributed by atoms with van der Waals surface area (Å²) >= 11 is 0. The molecule has 0 aromatic heterocycles. The van der Waals surface area contributed by atoms with Gasteiger partial charge in [-0.25, -0.2) is 0 Å². The Labute approximate surface area is 115 Å². The van der Waals surface area contributed by atoms with Crippen LogP contribution in [0.4, 0.5) is 5.69 Å². The molecule has 0 unspecified atom stereocenters. The SMILES string of the molecule is CC(=O)N1CCN(c2cccc(CN(C)C)c2)CC1. The summed E-state index contributed by atoms with van der Waals surface area (Å²) in [5, 5.41) is 0. The largest absolute Gasteiger partial charge is 0.368 e. The van der Waals surface area contributed by atoms with E-state index in [1.807, 2.05) is 4.90 Å². The molecule has 1 amide bonds. The van der Waals surface area contributed by atoms with Crippen LogP contribution in [0, 0.1) is 0 Å². The first kappa shape index (κ1) is 13.9. The molecule has 0 atom stereocenters. The maximum absolute atomic E-state index is 11.3. The molecule has 2 rings (SSSR count). The lowest BCUT2D eigenvalue weighted by Crippen LogP contribution is -2.48. The molecule has 1 aliphatic rings. The fraction of sp³-hybridized carbons (Fsp3) is 0.533. The van der Waals surface area contributed by atoms with Crippen molar-refractivity contribution in [2.75, 3.05) is 45.2 Å². The number of carbonyl (C=O) groups excluding carboxylic acids is 1. The number of carbonyl (C=O) groups is 1. The van der Waals surface area contributed by atoms with Crippen LogP contribution in [0.25, 0.3) is 0 Å². The van der Waals surface area contributed by atoms with Crippen molar-refractivity contribution in [1.82, 2.24) is 9.80 Å². The van der Waals surface area contributed by atoms with Crippen LogP contribution >= 0.6 is 0 Å². The minimum Gasteiger partial charge on any atom is -0.368 e. The minimum absolute atomic E-state index is 0.181. The van der Waals surface area contributed by atoms with Crippen LogP contribution in [0.15, 0.2) is 24.3 Å². The Morgan fingerprint density at radius 1 is 1.21 bits per heavy atom. The van der Waals surface area contributed by atoms with Gasteiger partial charge in [0.15, 0.2) is 0 Å². The molecule has 0 N–H and O–H groups in total. The van der Waals surface area contributed by atoms with Gasteiger partial charge in [-0.2, -0.15) is 0 Å². The number of rotatable bonds is 3. The van der Waals surface area contributed by atoms with Gasteiger partial charge in [0, 0.05) is 45.3 Å². The normalized spacial score (nSPS) is 16.0. The van der Waals surface area contributed by atoms with Gasteiger partial charge in [-0.05, 0) is 31.8 Å². The van der Waals surface area contributed by atoms with Crippen molar-refractivity contribution < 1.29 is 4.79 Å². The first-order valence-electron chi connectivity index (χ1n) is 6.80. The number of piperazine rings is 1. The van der Waals surface area contributed by atoms with Crippen LogP contribution in [0.3, 0.4) is 0 Å².